The lowest BCUT2D eigenvalue weighted by atomic mass is 10.1. The Kier molecular flexibility index (Phi) is 8.49. The number of ether oxygens (including phenoxy) is 2. The van der Waals surface area contributed by atoms with E-state index in [9.17, 15) is 14.4 Å². The number of fused-ring (bicyclic) bond motifs is 1. The molecule has 1 unspecified atom stereocenters. The minimum absolute atomic E-state index is 0.0994. The lowest BCUT2D eigenvalue weighted by Crippen LogP contribution is -2.47. The van der Waals surface area contributed by atoms with Gasteiger partial charge in [-0.3, -0.25) is 9.69 Å². The maximum Gasteiger partial charge on any atom is 0.414 e. The number of aromatic nitrogens is 1. The summed E-state index contributed by atoms with van der Waals surface area (Å²) in [5, 5.41) is 6.33. The minimum atomic E-state index is -0.716. The first kappa shape index (κ1) is 30.6. The fraction of sp³-hybridized carbons (Fsp3) is 0.419. The van der Waals surface area contributed by atoms with Crippen molar-refractivity contribution in [3.8, 4) is 0 Å². The third-order valence-electron chi connectivity index (χ3n) is 8.33. The highest BCUT2D eigenvalue weighted by Gasteiger charge is 2.33. The number of halogens is 2. The number of anilines is 3. The van der Waals surface area contributed by atoms with Gasteiger partial charge in [-0.15, -0.1) is 0 Å². The third kappa shape index (κ3) is 6.10. The number of thiocarbonyl (C=S) groups is 1. The van der Waals surface area contributed by atoms with Crippen LogP contribution in [0, 0.1) is 11.6 Å². The Labute approximate surface area is 263 Å². The number of esters is 1. The van der Waals surface area contributed by atoms with Gasteiger partial charge < -0.3 is 34.5 Å². The van der Waals surface area contributed by atoms with Gasteiger partial charge in [-0.05, 0) is 62.3 Å². The van der Waals surface area contributed by atoms with Crippen LogP contribution in [0.3, 0.4) is 0 Å². The van der Waals surface area contributed by atoms with E-state index in [0.29, 0.717) is 60.4 Å². The molecule has 3 heterocycles. The number of carbonyl (C=O) groups excluding carboxylic acids is 2. The summed E-state index contributed by atoms with van der Waals surface area (Å²) in [4.78, 5) is 43.2. The topological polar surface area (TPSA) is 108 Å². The number of hydrogen-bond donors (Lipinski definition) is 2. The number of nitrogens with zero attached hydrogens (tertiary/aromatic N) is 4. The molecule has 238 valence electrons. The molecular weight excluding hydrogens is 606 g/mol. The summed E-state index contributed by atoms with van der Waals surface area (Å²) >= 11 is 5.06. The Bertz CT molecular complexity index is 1720. The number of carbonyl (C=O) groups is 2. The highest BCUT2D eigenvalue weighted by atomic mass is 32.1. The van der Waals surface area contributed by atoms with Crippen molar-refractivity contribution in [2.75, 3.05) is 67.6 Å². The highest BCUT2D eigenvalue weighted by molar-refractivity contribution is 7.80. The van der Waals surface area contributed by atoms with Crippen LogP contribution < -0.4 is 30.8 Å². The van der Waals surface area contributed by atoms with Gasteiger partial charge in [-0.25, -0.2) is 18.4 Å². The lowest BCUT2D eigenvalue weighted by Gasteiger charge is -2.37. The zero-order valence-electron chi connectivity index (χ0n) is 25.0. The predicted molar refractivity (Wildman–Crippen MR) is 170 cm³/mol. The van der Waals surface area contributed by atoms with Crippen molar-refractivity contribution in [3.63, 3.8) is 0 Å². The minimum Gasteiger partial charge on any atom is -0.462 e. The van der Waals surface area contributed by atoms with E-state index in [1.54, 1.807) is 32.2 Å². The fourth-order valence-corrected chi connectivity index (χ4v) is 5.94. The number of cyclic esters (lactones) is 1. The molecule has 2 aromatic carbocycles. The molecule has 2 N–H and O–H groups in total. The van der Waals surface area contributed by atoms with E-state index < -0.39 is 35.2 Å². The molecule has 2 saturated heterocycles. The van der Waals surface area contributed by atoms with Crippen LogP contribution in [-0.4, -0.2) is 80.8 Å². The van der Waals surface area contributed by atoms with Crippen molar-refractivity contribution < 1.29 is 27.8 Å². The first-order chi connectivity index (χ1) is 21.7. The number of rotatable bonds is 8. The molecular formula is C31H34F2N6O5S. The largest absolute Gasteiger partial charge is 0.462 e. The van der Waals surface area contributed by atoms with E-state index in [1.807, 2.05) is 14.4 Å². The zero-order chi connectivity index (χ0) is 31.8. The van der Waals surface area contributed by atoms with E-state index in [4.69, 9.17) is 21.7 Å². The number of hydrogen-bond acceptors (Lipinski definition) is 8. The van der Waals surface area contributed by atoms with Crippen LogP contribution >= 0.6 is 12.2 Å². The molecule has 45 heavy (non-hydrogen) atoms. The first-order valence-corrected chi connectivity index (χ1v) is 15.4. The molecule has 1 amide bonds. The zero-order valence-corrected chi connectivity index (χ0v) is 25.8. The average Bonchev–Trinajstić information content (AvgIpc) is 3.81. The Hall–Kier alpha value is -4.46. The molecule has 1 atom stereocenters. The normalized spacial score (nSPS) is 18.3. The van der Waals surface area contributed by atoms with Crippen LogP contribution in [0.4, 0.5) is 30.6 Å². The van der Waals surface area contributed by atoms with Gasteiger partial charge in [-0.2, -0.15) is 0 Å². The van der Waals surface area contributed by atoms with E-state index in [-0.39, 0.29) is 30.1 Å². The second-order valence-corrected chi connectivity index (χ2v) is 11.6. The van der Waals surface area contributed by atoms with Crippen LogP contribution in [0.5, 0.6) is 0 Å². The van der Waals surface area contributed by atoms with Crippen LogP contribution in [0.25, 0.3) is 10.9 Å². The summed E-state index contributed by atoms with van der Waals surface area (Å²) in [7, 11) is 1.69. The molecule has 11 nitrogen and oxygen atoms in total. The van der Waals surface area contributed by atoms with Gasteiger partial charge in [0.2, 0.25) is 5.43 Å². The van der Waals surface area contributed by atoms with E-state index in [1.165, 1.54) is 23.2 Å². The number of pyridine rings is 1. The maximum absolute atomic E-state index is 15.5. The van der Waals surface area contributed by atoms with E-state index in [2.05, 4.69) is 10.6 Å². The smallest absolute Gasteiger partial charge is 0.414 e. The highest BCUT2D eigenvalue weighted by Crippen LogP contribution is 2.38. The molecule has 3 aromatic rings. The molecule has 1 aliphatic carbocycles. The Morgan fingerprint density at radius 2 is 1.73 bits per heavy atom. The number of nitrogens with one attached hydrogen (secondary N) is 2. The second kappa shape index (κ2) is 12.5. The molecule has 0 bridgehead atoms. The summed E-state index contributed by atoms with van der Waals surface area (Å²) in [6.45, 7) is 4.07. The molecule has 3 aliphatic rings. The number of amides is 1. The summed E-state index contributed by atoms with van der Waals surface area (Å²) in [6.07, 6.45) is 2.34. The van der Waals surface area contributed by atoms with Gasteiger partial charge in [0.15, 0.2) is 5.11 Å². The SMILES string of the molecule is CCOC(=O)c1cn(C2CC2)c2cc(N3CCN(c4ccc(N5CC(CNC(=S)NC)OC5=O)cc4F)CC3)c(F)cc2c1=O. The van der Waals surface area contributed by atoms with Gasteiger partial charge in [-0.1, -0.05) is 0 Å². The van der Waals surface area contributed by atoms with Crippen molar-refractivity contribution in [3.05, 3.63) is 63.9 Å². The first-order valence-electron chi connectivity index (χ1n) is 15.0. The van der Waals surface area contributed by atoms with Gasteiger partial charge in [0.1, 0.15) is 23.3 Å². The van der Waals surface area contributed by atoms with Crippen molar-refractivity contribution in [1.82, 2.24) is 15.2 Å². The van der Waals surface area contributed by atoms with Gasteiger partial charge in [0.25, 0.3) is 0 Å². The van der Waals surface area contributed by atoms with Gasteiger partial charge in [0, 0.05) is 50.9 Å². The van der Waals surface area contributed by atoms with Crippen LogP contribution in [0.15, 0.2) is 41.3 Å². The lowest BCUT2D eigenvalue weighted by molar-refractivity contribution is 0.0524. The van der Waals surface area contributed by atoms with Crippen molar-refractivity contribution >= 4 is 57.4 Å². The standard InChI is InChI=1S/C31H34F2N6O5S/c1-3-43-29(41)22-17-38(18-4-5-18)26-14-27(24(33)13-21(26)28(22)40)37-10-8-36(9-11-37)25-7-6-19(12-23(25)32)39-16-20(44-31(39)42)15-35-30(45)34-2/h6-7,12-14,17-18,20H,3-5,8-11,15-16H2,1-2H3,(H2,34,35,45). The van der Waals surface area contributed by atoms with Crippen LogP contribution in [-0.2, 0) is 9.47 Å². The quantitative estimate of drug-likeness (QED) is 0.281. The summed E-state index contributed by atoms with van der Waals surface area (Å²) in [6, 6.07) is 7.66. The van der Waals surface area contributed by atoms with E-state index >= 15 is 8.78 Å². The molecule has 1 saturated carbocycles. The summed E-state index contributed by atoms with van der Waals surface area (Å²) in [5.41, 5.74) is 1.04. The van der Waals surface area contributed by atoms with Crippen molar-refractivity contribution in [2.45, 2.75) is 31.9 Å². The van der Waals surface area contributed by atoms with Crippen molar-refractivity contribution in [2.24, 2.45) is 0 Å². The van der Waals surface area contributed by atoms with Crippen molar-refractivity contribution in [1.29, 1.82) is 0 Å². The molecule has 3 fully saturated rings. The average molecular weight is 641 g/mol. The summed E-state index contributed by atoms with van der Waals surface area (Å²) < 4.78 is 43.2. The Balaban J connectivity index is 1.16. The number of benzene rings is 2. The number of piperazine rings is 1. The monoisotopic (exact) mass is 640 g/mol. The Morgan fingerprint density at radius 1 is 1.04 bits per heavy atom. The Morgan fingerprint density at radius 3 is 2.38 bits per heavy atom. The molecule has 0 spiro atoms. The third-order valence-corrected chi connectivity index (χ3v) is 8.68. The van der Waals surface area contributed by atoms with Crippen LogP contribution in [0.1, 0.15) is 36.2 Å². The fourth-order valence-electron chi connectivity index (χ4n) is 5.85. The van der Waals surface area contributed by atoms with E-state index in [0.717, 1.165) is 12.8 Å². The second-order valence-electron chi connectivity index (χ2n) is 11.2. The molecule has 0 radical (unpaired) electrons. The molecule has 1 aromatic heterocycles. The summed E-state index contributed by atoms with van der Waals surface area (Å²) in [5.74, 6) is -1.76. The van der Waals surface area contributed by atoms with Gasteiger partial charge >= 0.3 is 12.1 Å². The molecule has 2 aliphatic heterocycles. The predicted octanol–water partition coefficient (Wildman–Crippen LogP) is 3.54. The molecule has 6 rings (SSSR count). The van der Waals surface area contributed by atoms with Gasteiger partial charge in [0.05, 0.1) is 42.3 Å². The van der Waals surface area contributed by atoms with Crippen LogP contribution in [0.2, 0.25) is 0 Å². The maximum atomic E-state index is 15.5. The molecule has 14 heteroatoms.